The number of likely N-dealkylation sites (N-methyl/N-ethyl adjacent to an activating group) is 1. The second-order valence-corrected chi connectivity index (χ2v) is 5.60. The third-order valence-corrected chi connectivity index (χ3v) is 2.80. The summed E-state index contributed by atoms with van der Waals surface area (Å²) in [6.45, 7) is 9.22. The molecule has 98 valence electrons. The number of rotatable bonds is 10. The van der Waals surface area contributed by atoms with Crippen LogP contribution in [0, 0.1) is 5.92 Å². The van der Waals surface area contributed by atoms with Crippen molar-refractivity contribution in [2.75, 3.05) is 27.2 Å². The molecule has 0 saturated carbocycles. The van der Waals surface area contributed by atoms with Gasteiger partial charge in [-0.1, -0.05) is 40.0 Å². The molecular weight excluding hydrogens is 196 g/mol. The van der Waals surface area contributed by atoms with E-state index in [1.807, 2.05) is 0 Å². The quantitative estimate of drug-likeness (QED) is 0.578. The van der Waals surface area contributed by atoms with Gasteiger partial charge in [0.15, 0.2) is 0 Å². The summed E-state index contributed by atoms with van der Waals surface area (Å²) < 4.78 is 0. The molecule has 0 rings (SSSR count). The van der Waals surface area contributed by atoms with Crippen LogP contribution in [0.2, 0.25) is 0 Å². The minimum atomic E-state index is 0.664. The molecule has 2 nitrogen and oxygen atoms in total. The first-order valence-corrected chi connectivity index (χ1v) is 6.94. The molecule has 0 fully saturated rings. The van der Waals surface area contributed by atoms with E-state index in [2.05, 4.69) is 45.1 Å². The van der Waals surface area contributed by atoms with E-state index in [0.29, 0.717) is 6.04 Å². The first-order valence-electron chi connectivity index (χ1n) is 6.94. The van der Waals surface area contributed by atoms with Gasteiger partial charge in [-0.25, -0.2) is 0 Å². The van der Waals surface area contributed by atoms with Crippen molar-refractivity contribution in [2.45, 2.75) is 58.9 Å². The average Bonchev–Trinajstić information content (AvgIpc) is 2.15. The number of hydrogen-bond donors (Lipinski definition) is 1. The molecule has 1 N–H and O–H groups in total. The molecule has 0 bridgehead atoms. The molecule has 1 atom stereocenters. The smallest absolute Gasteiger partial charge is 0.0197 e. The number of hydrogen-bond acceptors (Lipinski definition) is 2. The lowest BCUT2D eigenvalue weighted by Gasteiger charge is -2.24. The van der Waals surface area contributed by atoms with Crippen LogP contribution in [0.3, 0.4) is 0 Å². The van der Waals surface area contributed by atoms with Crippen LogP contribution in [0.15, 0.2) is 0 Å². The Bertz CT molecular complexity index is 134. The highest BCUT2D eigenvalue weighted by molar-refractivity contribution is 4.71. The zero-order valence-electron chi connectivity index (χ0n) is 12.1. The Balaban J connectivity index is 3.65. The van der Waals surface area contributed by atoms with Crippen LogP contribution in [0.5, 0.6) is 0 Å². The molecule has 0 aliphatic rings. The van der Waals surface area contributed by atoms with Crippen LogP contribution in [0.1, 0.15) is 52.9 Å². The molecule has 0 aromatic rings. The topological polar surface area (TPSA) is 15.3 Å². The van der Waals surface area contributed by atoms with E-state index in [0.717, 1.165) is 12.5 Å². The van der Waals surface area contributed by atoms with Crippen molar-refractivity contribution < 1.29 is 0 Å². The monoisotopic (exact) mass is 228 g/mol. The molecule has 0 radical (unpaired) electrons. The third kappa shape index (κ3) is 10.4. The molecule has 0 aliphatic carbocycles. The highest BCUT2D eigenvalue weighted by Gasteiger charge is 2.10. The van der Waals surface area contributed by atoms with Crippen LogP contribution in [-0.2, 0) is 0 Å². The SMILES string of the molecule is CCCCCCNC(CC(C)C)CN(C)C. The molecule has 0 heterocycles. The van der Waals surface area contributed by atoms with E-state index in [1.54, 1.807) is 0 Å². The van der Waals surface area contributed by atoms with Gasteiger partial charge < -0.3 is 10.2 Å². The predicted octanol–water partition coefficient (Wildman–Crippen LogP) is 3.13. The Morgan fingerprint density at radius 1 is 1.06 bits per heavy atom. The summed E-state index contributed by atoms with van der Waals surface area (Å²) in [4.78, 5) is 2.28. The van der Waals surface area contributed by atoms with Gasteiger partial charge in [-0.3, -0.25) is 0 Å². The van der Waals surface area contributed by atoms with Gasteiger partial charge in [0.2, 0.25) is 0 Å². The lowest BCUT2D eigenvalue weighted by atomic mass is 10.0. The molecule has 0 aromatic carbocycles. The Hall–Kier alpha value is -0.0800. The molecule has 16 heavy (non-hydrogen) atoms. The summed E-state index contributed by atoms with van der Waals surface area (Å²) in [7, 11) is 4.32. The van der Waals surface area contributed by atoms with Gasteiger partial charge >= 0.3 is 0 Å². The molecule has 2 heteroatoms. The summed E-state index contributed by atoms with van der Waals surface area (Å²) in [5, 5.41) is 3.70. The van der Waals surface area contributed by atoms with Gasteiger partial charge in [-0.15, -0.1) is 0 Å². The summed E-state index contributed by atoms with van der Waals surface area (Å²) >= 11 is 0. The minimum Gasteiger partial charge on any atom is -0.313 e. The van der Waals surface area contributed by atoms with Gasteiger partial charge in [0.1, 0.15) is 0 Å². The van der Waals surface area contributed by atoms with Gasteiger partial charge in [0.25, 0.3) is 0 Å². The largest absolute Gasteiger partial charge is 0.313 e. The van der Waals surface area contributed by atoms with Gasteiger partial charge in [-0.05, 0) is 39.4 Å². The summed E-state index contributed by atoms with van der Waals surface area (Å²) in [6.07, 6.45) is 6.69. The number of unbranched alkanes of at least 4 members (excludes halogenated alkanes) is 3. The van der Waals surface area contributed by atoms with Crippen LogP contribution in [0.25, 0.3) is 0 Å². The standard InChI is InChI=1S/C14H32N2/c1-6-7-8-9-10-15-14(11-13(2)3)12-16(4)5/h13-15H,6-12H2,1-5H3. The highest BCUT2D eigenvalue weighted by atomic mass is 15.1. The third-order valence-electron chi connectivity index (χ3n) is 2.80. The Labute approximate surface area is 103 Å². The normalized spacial score (nSPS) is 13.7. The molecule has 0 saturated heterocycles. The van der Waals surface area contributed by atoms with Crippen molar-refractivity contribution in [1.29, 1.82) is 0 Å². The van der Waals surface area contributed by atoms with E-state index in [-0.39, 0.29) is 0 Å². The Kier molecular flexibility index (Phi) is 10.0. The fourth-order valence-electron chi connectivity index (χ4n) is 2.09. The average molecular weight is 228 g/mol. The zero-order valence-corrected chi connectivity index (χ0v) is 12.1. The van der Waals surface area contributed by atoms with Crippen molar-refractivity contribution in [3.63, 3.8) is 0 Å². The maximum Gasteiger partial charge on any atom is 0.0197 e. The van der Waals surface area contributed by atoms with Crippen LogP contribution in [0.4, 0.5) is 0 Å². The van der Waals surface area contributed by atoms with E-state index in [1.165, 1.54) is 38.6 Å². The fraction of sp³-hybridized carbons (Fsp3) is 1.00. The molecule has 0 aliphatic heterocycles. The lowest BCUT2D eigenvalue weighted by molar-refractivity contribution is 0.305. The summed E-state index contributed by atoms with van der Waals surface area (Å²) in [6, 6.07) is 0.664. The Morgan fingerprint density at radius 2 is 1.75 bits per heavy atom. The highest BCUT2D eigenvalue weighted by Crippen LogP contribution is 2.06. The molecule has 0 aromatic heterocycles. The fourth-order valence-corrected chi connectivity index (χ4v) is 2.09. The number of nitrogens with zero attached hydrogens (tertiary/aromatic N) is 1. The lowest BCUT2D eigenvalue weighted by Crippen LogP contribution is -2.39. The molecular formula is C14H32N2. The summed E-state index contributed by atoms with van der Waals surface area (Å²) in [5.74, 6) is 0.785. The van der Waals surface area contributed by atoms with Crippen molar-refractivity contribution in [3.8, 4) is 0 Å². The first-order chi connectivity index (χ1) is 7.56. The van der Waals surface area contributed by atoms with Crippen LogP contribution in [-0.4, -0.2) is 38.1 Å². The first kappa shape index (κ1) is 15.9. The number of nitrogens with one attached hydrogen (secondary N) is 1. The van der Waals surface area contributed by atoms with Gasteiger partial charge in [0.05, 0.1) is 0 Å². The van der Waals surface area contributed by atoms with Gasteiger partial charge in [0, 0.05) is 12.6 Å². The van der Waals surface area contributed by atoms with Crippen LogP contribution >= 0.6 is 0 Å². The molecule has 0 amide bonds. The van der Waals surface area contributed by atoms with E-state index in [4.69, 9.17) is 0 Å². The second kappa shape index (κ2) is 10.1. The van der Waals surface area contributed by atoms with Crippen molar-refractivity contribution in [1.82, 2.24) is 10.2 Å². The second-order valence-electron chi connectivity index (χ2n) is 5.60. The predicted molar refractivity (Wildman–Crippen MR) is 73.9 cm³/mol. The van der Waals surface area contributed by atoms with E-state index in [9.17, 15) is 0 Å². The summed E-state index contributed by atoms with van der Waals surface area (Å²) in [5.41, 5.74) is 0. The van der Waals surface area contributed by atoms with Crippen molar-refractivity contribution in [3.05, 3.63) is 0 Å². The molecule has 0 spiro atoms. The maximum atomic E-state index is 3.70. The van der Waals surface area contributed by atoms with Crippen molar-refractivity contribution >= 4 is 0 Å². The molecule has 1 unspecified atom stereocenters. The minimum absolute atomic E-state index is 0.664. The van der Waals surface area contributed by atoms with Crippen LogP contribution < -0.4 is 5.32 Å². The zero-order chi connectivity index (χ0) is 12.4. The Morgan fingerprint density at radius 3 is 2.25 bits per heavy atom. The van der Waals surface area contributed by atoms with Crippen molar-refractivity contribution in [2.24, 2.45) is 5.92 Å². The van der Waals surface area contributed by atoms with E-state index < -0.39 is 0 Å². The van der Waals surface area contributed by atoms with Gasteiger partial charge in [-0.2, -0.15) is 0 Å². The van der Waals surface area contributed by atoms with E-state index >= 15 is 0 Å². The maximum absolute atomic E-state index is 3.70.